The number of carbonyl (C=O) groups excluding carboxylic acids is 3. The van der Waals surface area contributed by atoms with Crippen molar-refractivity contribution in [2.75, 3.05) is 20.1 Å². The Kier molecular flexibility index (Phi) is 8.51. The summed E-state index contributed by atoms with van der Waals surface area (Å²) >= 11 is 0. The molecule has 21 heavy (non-hydrogen) atoms. The number of carboxylic acids is 1. The van der Waals surface area contributed by atoms with E-state index in [4.69, 9.17) is 10.8 Å². The standard InChI is InChI=1S/C12H22N4O5/c1-3-6-16(7-10(18)14-2)12(21)15-8(11(19)20)4-5-9(13)17/h8H,3-7H2,1-2H3,(H2,13,17)(H,14,18)(H,15,21)(H,19,20). The monoisotopic (exact) mass is 302 g/mol. The van der Waals surface area contributed by atoms with Crippen molar-refractivity contribution in [3.63, 3.8) is 0 Å². The summed E-state index contributed by atoms with van der Waals surface area (Å²) in [4.78, 5) is 46.3. The van der Waals surface area contributed by atoms with E-state index in [2.05, 4.69) is 10.6 Å². The minimum atomic E-state index is -1.26. The third-order valence-corrected chi connectivity index (χ3v) is 2.67. The third-order valence-electron chi connectivity index (χ3n) is 2.67. The van der Waals surface area contributed by atoms with E-state index in [9.17, 15) is 19.2 Å². The number of nitrogens with two attached hydrogens (primary N) is 1. The summed E-state index contributed by atoms with van der Waals surface area (Å²) in [5.41, 5.74) is 4.96. The first-order valence-corrected chi connectivity index (χ1v) is 6.58. The van der Waals surface area contributed by atoms with Crippen LogP contribution in [0.25, 0.3) is 0 Å². The Bertz CT molecular complexity index is 399. The van der Waals surface area contributed by atoms with Gasteiger partial charge in [-0.25, -0.2) is 9.59 Å². The van der Waals surface area contributed by atoms with Gasteiger partial charge in [0.1, 0.15) is 12.6 Å². The molecule has 5 N–H and O–H groups in total. The van der Waals surface area contributed by atoms with Crippen LogP contribution in [0.4, 0.5) is 4.79 Å². The summed E-state index contributed by atoms with van der Waals surface area (Å²) in [6.45, 7) is 1.96. The summed E-state index contributed by atoms with van der Waals surface area (Å²) in [6.07, 6.45) is 0.361. The van der Waals surface area contributed by atoms with Gasteiger partial charge in [0.25, 0.3) is 0 Å². The van der Waals surface area contributed by atoms with Gasteiger partial charge in [-0.15, -0.1) is 0 Å². The van der Waals surface area contributed by atoms with Crippen molar-refractivity contribution < 1.29 is 24.3 Å². The highest BCUT2D eigenvalue weighted by atomic mass is 16.4. The zero-order chi connectivity index (χ0) is 16.4. The lowest BCUT2D eigenvalue weighted by molar-refractivity contribution is -0.139. The Morgan fingerprint density at radius 1 is 1.29 bits per heavy atom. The molecule has 0 heterocycles. The van der Waals surface area contributed by atoms with E-state index >= 15 is 0 Å². The number of nitrogens with zero attached hydrogens (tertiary/aromatic N) is 1. The van der Waals surface area contributed by atoms with Gasteiger partial charge in [-0.05, 0) is 12.8 Å². The topological polar surface area (TPSA) is 142 Å². The minimum Gasteiger partial charge on any atom is -0.480 e. The SMILES string of the molecule is CCCN(CC(=O)NC)C(=O)NC(CCC(N)=O)C(=O)O. The largest absolute Gasteiger partial charge is 0.480 e. The molecule has 0 spiro atoms. The van der Waals surface area contributed by atoms with Crippen LogP contribution in [-0.4, -0.2) is 60.0 Å². The fraction of sp³-hybridized carbons (Fsp3) is 0.667. The van der Waals surface area contributed by atoms with Crippen molar-refractivity contribution in [3.8, 4) is 0 Å². The molecule has 0 radical (unpaired) electrons. The van der Waals surface area contributed by atoms with Crippen LogP contribution < -0.4 is 16.4 Å². The molecule has 0 aliphatic carbocycles. The molecular formula is C12H22N4O5. The molecule has 0 saturated carbocycles. The molecule has 0 aromatic rings. The van der Waals surface area contributed by atoms with Crippen molar-refractivity contribution in [2.24, 2.45) is 5.73 Å². The number of amides is 4. The van der Waals surface area contributed by atoms with Crippen LogP contribution in [-0.2, 0) is 14.4 Å². The summed E-state index contributed by atoms with van der Waals surface area (Å²) in [7, 11) is 1.44. The van der Waals surface area contributed by atoms with E-state index in [-0.39, 0.29) is 25.3 Å². The van der Waals surface area contributed by atoms with Gasteiger partial charge in [-0.1, -0.05) is 6.92 Å². The number of urea groups is 1. The van der Waals surface area contributed by atoms with Crippen LogP contribution in [0, 0.1) is 0 Å². The molecular weight excluding hydrogens is 280 g/mol. The van der Waals surface area contributed by atoms with Crippen molar-refractivity contribution in [3.05, 3.63) is 0 Å². The highest BCUT2D eigenvalue weighted by Gasteiger charge is 2.24. The fourth-order valence-electron chi connectivity index (χ4n) is 1.56. The Labute approximate surface area is 122 Å². The average Bonchev–Trinajstić information content (AvgIpc) is 2.41. The number of carbonyl (C=O) groups is 4. The maximum Gasteiger partial charge on any atom is 0.326 e. The molecule has 0 aromatic heterocycles. The molecule has 0 aliphatic heterocycles. The van der Waals surface area contributed by atoms with Crippen LogP contribution in [0.5, 0.6) is 0 Å². The van der Waals surface area contributed by atoms with Crippen LogP contribution >= 0.6 is 0 Å². The lowest BCUT2D eigenvalue weighted by Gasteiger charge is -2.24. The maximum absolute atomic E-state index is 12.0. The lowest BCUT2D eigenvalue weighted by Crippen LogP contribution is -2.50. The Morgan fingerprint density at radius 3 is 2.33 bits per heavy atom. The molecule has 0 bridgehead atoms. The molecule has 4 amide bonds. The predicted octanol–water partition coefficient (Wildman–Crippen LogP) is -1.13. The highest BCUT2D eigenvalue weighted by Crippen LogP contribution is 2.00. The molecule has 120 valence electrons. The first-order valence-electron chi connectivity index (χ1n) is 6.58. The van der Waals surface area contributed by atoms with Crippen molar-refractivity contribution in [1.82, 2.24) is 15.5 Å². The third kappa shape index (κ3) is 7.75. The smallest absolute Gasteiger partial charge is 0.326 e. The van der Waals surface area contributed by atoms with Crippen molar-refractivity contribution >= 4 is 23.8 Å². The highest BCUT2D eigenvalue weighted by molar-refractivity contribution is 5.87. The molecule has 0 aromatic carbocycles. The quantitative estimate of drug-likeness (QED) is 0.426. The van der Waals surface area contributed by atoms with Gasteiger partial charge in [0, 0.05) is 20.0 Å². The second-order valence-corrected chi connectivity index (χ2v) is 4.44. The summed E-state index contributed by atoms with van der Waals surface area (Å²) in [6, 6.07) is -1.90. The first-order chi connectivity index (χ1) is 9.81. The van der Waals surface area contributed by atoms with Gasteiger partial charge < -0.3 is 26.4 Å². The van der Waals surface area contributed by atoms with Gasteiger partial charge in [-0.2, -0.15) is 0 Å². The fourth-order valence-corrected chi connectivity index (χ4v) is 1.56. The summed E-state index contributed by atoms with van der Waals surface area (Å²) in [5.74, 6) is -2.27. The number of aliphatic carboxylic acids is 1. The Morgan fingerprint density at radius 2 is 1.90 bits per heavy atom. The maximum atomic E-state index is 12.0. The summed E-state index contributed by atoms with van der Waals surface area (Å²) < 4.78 is 0. The molecule has 0 fully saturated rings. The molecule has 9 nitrogen and oxygen atoms in total. The normalized spacial score (nSPS) is 11.3. The molecule has 1 atom stereocenters. The predicted molar refractivity (Wildman–Crippen MR) is 74.3 cm³/mol. The second kappa shape index (κ2) is 9.56. The zero-order valence-corrected chi connectivity index (χ0v) is 12.2. The molecule has 0 rings (SSSR count). The average molecular weight is 302 g/mol. The lowest BCUT2D eigenvalue weighted by atomic mass is 10.1. The van der Waals surface area contributed by atoms with E-state index < -0.39 is 23.9 Å². The number of carboxylic acid groups (broad SMARTS) is 1. The van der Waals surface area contributed by atoms with Crippen molar-refractivity contribution in [2.45, 2.75) is 32.2 Å². The number of hydrogen-bond donors (Lipinski definition) is 4. The van der Waals surface area contributed by atoms with Crippen LogP contribution in [0.3, 0.4) is 0 Å². The molecule has 9 heteroatoms. The number of primary amides is 1. The van der Waals surface area contributed by atoms with Gasteiger partial charge in [0.2, 0.25) is 11.8 Å². The van der Waals surface area contributed by atoms with Crippen LogP contribution in [0.2, 0.25) is 0 Å². The molecule has 1 unspecified atom stereocenters. The Balaban J connectivity index is 4.69. The van der Waals surface area contributed by atoms with E-state index in [1.165, 1.54) is 11.9 Å². The van der Waals surface area contributed by atoms with E-state index in [0.717, 1.165) is 0 Å². The number of likely N-dealkylation sites (N-methyl/N-ethyl adjacent to an activating group) is 1. The van der Waals surface area contributed by atoms with Crippen molar-refractivity contribution in [1.29, 1.82) is 0 Å². The van der Waals surface area contributed by atoms with Crippen LogP contribution in [0.15, 0.2) is 0 Å². The number of nitrogens with one attached hydrogen (secondary N) is 2. The van der Waals surface area contributed by atoms with E-state index in [0.29, 0.717) is 13.0 Å². The van der Waals surface area contributed by atoms with Gasteiger partial charge in [0.05, 0.1) is 0 Å². The van der Waals surface area contributed by atoms with Crippen LogP contribution in [0.1, 0.15) is 26.2 Å². The van der Waals surface area contributed by atoms with Gasteiger partial charge in [-0.3, -0.25) is 9.59 Å². The summed E-state index contributed by atoms with van der Waals surface area (Å²) in [5, 5.41) is 13.7. The zero-order valence-electron chi connectivity index (χ0n) is 12.2. The van der Waals surface area contributed by atoms with E-state index in [1.807, 2.05) is 6.92 Å². The molecule has 0 aliphatic rings. The second-order valence-electron chi connectivity index (χ2n) is 4.44. The molecule has 0 saturated heterocycles. The van der Waals surface area contributed by atoms with Gasteiger partial charge >= 0.3 is 12.0 Å². The Hall–Kier alpha value is -2.32. The van der Waals surface area contributed by atoms with Gasteiger partial charge in [0.15, 0.2) is 0 Å². The number of hydrogen-bond acceptors (Lipinski definition) is 4. The van der Waals surface area contributed by atoms with E-state index in [1.54, 1.807) is 0 Å². The minimum absolute atomic E-state index is 0.101. The first kappa shape index (κ1) is 18.7. The number of rotatable bonds is 9.